The van der Waals surface area contributed by atoms with Crippen LogP contribution in [0.3, 0.4) is 0 Å². The lowest BCUT2D eigenvalue weighted by molar-refractivity contribution is -0.386. The molecule has 94 heavy (non-hydrogen) atoms. The third-order valence-electron chi connectivity index (χ3n) is 18.3. The van der Waals surface area contributed by atoms with Gasteiger partial charge in [-0.2, -0.15) is 0 Å². The first-order valence-corrected chi connectivity index (χ1v) is 36.4. The van der Waals surface area contributed by atoms with Crippen molar-refractivity contribution in [3.05, 3.63) is 36.5 Å². The molecule has 0 radical (unpaired) electrons. The fourth-order valence-electron chi connectivity index (χ4n) is 12.5. The number of carboxylic acid groups (broad SMARTS) is 1. The summed E-state index contributed by atoms with van der Waals surface area (Å²) >= 11 is 0. The van der Waals surface area contributed by atoms with Crippen LogP contribution < -0.4 is 10.6 Å². The second-order valence-corrected chi connectivity index (χ2v) is 26.4. The number of carbonyl (C=O) groups excluding carboxylic acids is 2. The molecule has 23 nitrogen and oxygen atoms in total. The van der Waals surface area contributed by atoms with Crippen LogP contribution in [0.1, 0.15) is 258 Å². The van der Waals surface area contributed by atoms with Crippen molar-refractivity contribution < 1.29 is 104 Å². The van der Waals surface area contributed by atoms with Gasteiger partial charge in [0.15, 0.2) is 12.6 Å². The number of carbonyl (C=O) groups is 3. The smallest absolute Gasteiger partial charge is 0.364 e. The van der Waals surface area contributed by atoms with Crippen molar-refractivity contribution in [1.82, 2.24) is 10.6 Å². The standard InChI is InChI=1S/C71H128N2O21/c1-4-6-8-10-12-14-16-17-18-19-20-21-22-23-24-25-26-27-28-29-30-31-32-33-35-37-39-41-43-45-58(81)73-52(53(78)44-42-40-38-36-34-15-13-11-9-7-5-2)50-89-68-63(85)62(84)65(57(49-76)91-68)92-69-64(86)67(61(83)56(48-75)90-69)94-71(70(87)88)46-54(79)59(72-51(3)77)66(93-71)60(82)55(80)47-74/h20-21,23-24,42,44,52-57,59-69,74-76,78-80,82-86H,4-19,22,25-41,43,45-50H2,1-3H3,(H,72,77)(H,73,81)(H,87,88)/b21-20-,24-23-,44-42+. The Balaban J connectivity index is 1.50. The molecule has 3 heterocycles. The van der Waals surface area contributed by atoms with Gasteiger partial charge in [-0.15, -0.1) is 0 Å². The first-order chi connectivity index (χ1) is 45.4. The average Bonchev–Trinajstić information content (AvgIpc) is 0.757. The molecule has 0 saturated carbocycles. The predicted octanol–water partition coefficient (Wildman–Crippen LogP) is 7.40. The molecule has 0 bridgehead atoms. The Kier molecular flexibility index (Phi) is 46.4. The highest BCUT2D eigenvalue weighted by Gasteiger charge is 2.60. The van der Waals surface area contributed by atoms with Crippen molar-refractivity contribution in [2.45, 2.75) is 368 Å². The highest BCUT2D eigenvalue weighted by molar-refractivity contribution is 5.77. The fourth-order valence-corrected chi connectivity index (χ4v) is 12.5. The molecule has 548 valence electrons. The second kappa shape index (κ2) is 51.2. The highest BCUT2D eigenvalue weighted by atomic mass is 16.8. The number of hydrogen-bond donors (Lipinski definition) is 14. The molecule has 0 aromatic rings. The molecule has 0 aromatic carbocycles. The zero-order chi connectivity index (χ0) is 68.9. The summed E-state index contributed by atoms with van der Waals surface area (Å²) in [6.07, 6.45) is 25.0. The van der Waals surface area contributed by atoms with Gasteiger partial charge in [0, 0.05) is 19.8 Å². The number of nitrogens with one attached hydrogen (secondary N) is 2. The Morgan fingerprint density at radius 1 is 0.564 bits per heavy atom. The molecule has 3 aliphatic heterocycles. The molecule has 0 aliphatic carbocycles. The third kappa shape index (κ3) is 32.7. The van der Waals surface area contributed by atoms with E-state index in [4.69, 9.17) is 28.4 Å². The van der Waals surface area contributed by atoms with Crippen LogP contribution in [-0.4, -0.2) is 215 Å². The average molecular weight is 1350 g/mol. The van der Waals surface area contributed by atoms with Crippen LogP contribution in [0.15, 0.2) is 36.5 Å². The SMILES string of the molecule is CCCCCCCCCCC/C=C\C/C=C\CCCCCCCCCCCCCCCC(=O)NC(COC1OC(CO)C(OC2OC(CO)C(O)C(OC3(C(=O)O)CC(O)C(NC(C)=O)C(C(O)C(O)CO)O3)C2O)C(O)C1O)C(O)/C=C/CCCCCCCCCCC. The maximum atomic E-state index is 13.4. The molecule has 2 amide bonds. The fraction of sp³-hybridized carbons (Fsp3) is 0.873. The minimum absolute atomic E-state index is 0.199. The molecule has 14 N–H and O–H groups in total. The minimum atomic E-state index is -3.08. The van der Waals surface area contributed by atoms with E-state index in [1.165, 1.54) is 154 Å². The molecule has 0 spiro atoms. The van der Waals surface area contributed by atoms with Crippen molar-refractivity contribution in [2.75, 3.05) is 26.4 Å². The van der Waals surface area contributed by atoms with E-state index in [1.807, 2.05) is 6.08 Å². The van der Waals surface area contributed by atoms with E-state index < -0.39 is 155 Å². The monoisotopic (exact) mass is 1340 g/mol. The van der Waals surface area contributed by atoms with Crippen LogP contribution in [-0.2, 0) is 42.8 Å². The van der Waals surface area contributed by atoms with Crippen LogP contribution in [0.4, 0.5) is 0 Å². The van der Waals surface area contributed by atoms with Crippen molar-refractivity contribution in [1.29, 1.82) is 0 Å². The highest BCUT2D eigenvalue weighted by Crippen LogP contribution is 2.39. The van der Waals surface area contributed by atoms with E-state index >= 15 is 0 Å². The summed E-state index contributed by atoms with van der Waals surface area (Å²) in [7, 11) is 0. The summed E-state index contributed by atoms with van der Waals surface area (Å²) in [5, 5.41) is 136. The normalized spacial score (nSPS) is 28.1. The molecule has 0 aromatic heterocycles. The predicted molar refractivity (Wildman–Crippen MR) is 357 cm³/mol. The number of carboxylic acids is 1. The lowest BCUT2D eigenvalue weighted by Crippen LogP contribution is -2.70. The molecule has 3 saturated heterocycles. The molecule has 3 aliphatic rings. The van der Waals surface area contributed by atoms with Gasteiger partial charge in [0.1, 0.15) is 67.1 Å². The number of allylic oxidation sites excluding steroid dienone is 5. The molecular weight excluding hydrogens is 1220 g/mol. The molecular formula is C71H128N2O21. The minimum Gasteiger partial charge on any atom is -0.477 e. The quantitative estimate of drug-likeness (QED) is 0.0208. The Morgan fingerprint density at radius 2 is 1.03 bits per heavy atom. The van der Waals surface area contributed by atoms with Crippen molar-refractivity contribution in [3.8, 4) is 0 Å². The zero-order valence-corrected chi connectivity index (χ0v) is 57.3. The summed E-state index contributed by atoms with van der Waals surface area (Å²) in [6, 6.07) is -2.62. The van der Waals surface area contributed by atoms with Crippen molar-refractivity contribution in [2.24, 2.45) is 0 Å². The van der Waals surface area contributed by atoms with Crippen LogP contribution in [0.2, 0.25) is 0 Å². The lowest BCUT2D eigenvalue weighted by Gasteiger charge is -2.50. The van der Waals surface area contributed by atoms with Gasteiger partial charge >= 0.3 is 5.97 Å². The Bertz CT molecular complexity index is 2040. The number of unbranched alkanes of at least 4 members (excludes halogenated alkanes) is 31. The molecule has 3 rings (SSSR count). The summed E-state index contributed by atoms with van der Waals surface area (Å²) in [5.74, 6) is -6.15. The van der Waals surface area contributed by atoms with Gasteiger partial charge in [0.05, 0.1) is 50.7 Å². The van der Waals surface area contributed by atoms with Gasteiger partial charge in [-0.25, -0.2) is 4.79 Å². The second-order valence-electron chi connectivity index (χ2n) is 26.4. The van der Waals surface area contributed by atoms with E-state index in [2.05, 4.69) is 48.8 Å². The summed E-state index contributed by atoms with van der Waals surface area (Å²) < 4.78 is 34.8. The van der Waals surface area contributed by atoms with Crippen molar-refractivity contribution in [3.63, 3.8) is 0 Å². The maximum Gasteiger partial charge on any atom is 0.364 e. The molecule has 18 unspecified atom stereocenters. The number of aliphatic carboxylic acids is 1. The van der Waals surface area contributed by atoms with Crippen LogP contribution >= 0.6 is 0 Å². The van der Waals surface area contributed by atoms with Crippen molar-refractivity contribution >= 4 is 17.8 Å². The van der Waals surface area contributed by atoms with E-state index in [0.29, 0.717) is 12.8 Å². The van der Waals surface area contributed by atoms with E-state index in [0.717, 1.165) is 64.7 Å². The topological polar surface area (TPSA) is 373 Å². The number of aliphatic hydroxyl groups is 11. The summed E-state index contributed by atoms with van der Waals surface area (Å²) in [4.78, 5) is 38.5. The van der Waals surface area contributed by atoms with Gasteiger partial charge in [-0.1, -0.05) is 224 Å². The first kappa shape index (κ1) is 85.2. The van der Waals surface area contributed by atoms with Crippen LogP contribution in [0.5, 0.6) is 0 Å². The van der Waals surface area contributed by atoms with Gasteiger partial charge in [-0.3, -0.25) is 9.59 Å². The first-order valence-electron chi connectivity index (χ1n) is 36.4. The van der Waals surface area contributed by atoms with Crippen LogP contribution in [0, 0.1) is 0 Å². The molecule has 3 fully saturated rings. The Hall–Kier alpha value is -3.05. The third-order valence-corrected chi connectivity index (χ3v) is 18.3. The number of hydrogen-bond acceptors (Lipinski definition) is 20. The van der Waals surface area contributed by atoms with E-state index in [1.54, 1.807) is 6.08 Å². The van der Waals surface area contributed by atoms with Gasteiger partial charge < -0.3 is 100 Å². The maximum absolute atomic E-state index is 13.4. The Morgan fingerprint density at radius 3 is 1.50 bits per heavy atom. The zero-order valence-electron chi connectivity index (χ0n) is 57.3. The Labute approximate surface area is 561 Å². The number of aliphatic hydroxyl groups excluding tert-OH is 11. The summed E-state index contributed by atoms with van der Waals surface area (Å²) in [5.41, 5.74) is 0. The number of amides is 2. The van der Waals surface area contributed by atoms with Crippen LogP contribution in [0.25, 0.3) is 0 Å². The van der Waals surface area contributed by atoms with Gasteiger partial charge in [-0.05, 0) is 51.4 Å². The summed E-state index contributed by atoms with van der Waals surface area (Å²) in [6.45, 7) is 2.11. The molecule has 18 atom stereocenters. The largest absolute Gasteiger partial charge is 0.477 e. The van der Waals surface area contributed by atoms with Gasteiger partial charge in [0.25, 0.3) is 5.79 Å². The number of rotatable bonds is 55. The van der Waals surface area contributed by atoms with E-state index in [9.17, 15) is 75.7 Å². The number of ether oxygens (including phenoxy) is 6. The molecule has 23 heteroatoms. The van der Waals surface area contributed by atoms with E-state index in [-0.39, 0.29) is 12.3 Å². The lowest BCUT2D eigenvalue weighted by atomic mass is 9.88. The van der Waals surface area contributed by atoms with Gasteiger partial charge in [0.2, 0.25) is 11.8 Å².